The molecule has 2 N–H and O–H groups in total. The fourth-order valence-corrected chi connectivity index (χ4v) is 1.98. The molecule has 0 aliphatic heterocycles. The average Bonchev–Trinajstić information content (AvgIpc) is 2.38. The van der Waals surface area contributed by atoms with Crippen LogP contribution in [0.15, 0.2) is 24.3 Å². The third-order valence-electron chi connectivity index (χ3n) is 3.05. The maximum Gasteiger partial charge on any atom is 0.0487 e. The Balaban J connectivity index is 2.29. The Morgan fingerprint density at radius 2 is 2.06 bits per heavy atom. The highest BCUT2D eigenvalue weighted by Crippen LogP contribution is 2.19. The Labute approximate surface area is 110 Å². The van der Waals surface area contributed by atoms with E-state index in [1.807, 2.05) is 0 Å². The van der Waals surface area contributed by atoms with E-state index >= 15 is 0 Å². The van der Waals surface area contributed by atoms with Crippen LogP contribution >= 0.6 is 0 Å². The number of methoxy groups -OCH3 is 1. The molecule has 0 heterocycles. The van der Waals surface area contributed by atoms with Crippen LogP contribution in [-0.4, -0.2) is 33.5 Å². The first-order valence-electron chi connectivity index (χ1n) is 6.61. The summed E-state index contributed by atoms with van der Waals surface area (Å²) in [5, 5.41) is 0. The zero-order valence-corrected chi connectivity index (χ0v) is 11.5. The van der Waals surface area contributed by atoms with Crippen molar-refractivity contribution in [1.82, 2.24) is 0 Å². The van der Waals surface area contributed by atoms with Crippen LogP contribution in [0.4, 0.5) is 0 Å². The first kappa shape index (κ1) is 15.2. The van der Waals surface area contributed by atoms with Crippen molar-refractivity contribution in [3.8, 4) is 0 Å². The van der Waals surface area contributed by atoms with E-state index in [0.29, 0.717) is 12.5 Å². The zero-order chi connectivity index (χ0) is 13.2. The maximum absolute atomic E-state index is 5.84. The molecule has 18 heavy (non-hydrogen) atoms. The lowest BCUT2D eigenvalue weighted by molar-refractivity contribution is 0.0984. The SMILES string of the molecule is COCCCOCCC(CN)c1cccc(C)c1. The van der Waals surface area contributed by atoms with Gasteiger partial charge in [-0.05, 0) is 37.8 Å². The van der Waals surface area contributed by atoms with Gasteiger partial charge in [0.15, 0.2) is 0 Å². The Morgan fingerprint density at radius 3 is 2.72 bits per heavy atom. The van der Waals surface area contributed by atoms with Crippen molar-refractivity contribution < 1.29 is 9.47 Å². The summed E-state index contributed by atoms with van der Waals surface area (Å²) in [6.45, 7) is 5.07. The summed E-state index contributed by atoms with van der Waals surface area (Å²) in [6, 6.07) is 8.56. The first-order chi connectivity index (χ1) is 8.77. The molecule has 1 rings (SSSR count). The second kappa shape index (κ2) is 9.09. The van der Waals surface area contributed by atoms with E-state index in [2.05, 4.69) is 31.2 Å². The number of rotatable bonds is 9. The molecule has 0 aliphatic carbocycles. The Bertz CT molecular complexity index is 328. The van der Waals surface area contributed by atoms with Crippen LogP contribution in [0, 0.1) is 6.92 Å². The number of hydrogen-bond acceptors (Lipinski definition) is 3. The van der Waals surface area contributed by atoms with Gasteiger partial charge in [0, 0.05) is 26.9 Å². The van der Waals surface area contributed by atoms with E-state index in [4.69, 9.17) is 15.2 Å². The van der Waals surface area contributed by atoms with Gasteiger partial charge in [0.2, 0.25) is 0 Å². The maximum atomic E-state index is 5.84. The van der Waals surface area contributed by atoms with E-state index in [9.17, 15) is 0 Å². The summed E-state index contributed by atoms with van der Waals surface area (Å²) in [6.07, 6.45) is 1.93. The molecular formula is C15H25NO2. The normalized spacial score (nSPS) is 12.6. The molecule has 102 valence electrons. The second-order valence-corrected chi connectivity index (χ2v) is 4.59. The molecule has 0 aromatic heterocycles. The molecule has 0 saturated carbocycles. The van der Waals surface area contributed by atoms with E-state index in [0.717, 1.165) is 32.7 Å². The van der Waals surface area contributed by atoms with Gasteiger partial charge >= 0.3 is 0 Å². The molecule has 1 unspecified atom stereocenters. The van der Waals surface area contributed by atoms with E-state index in [-0.39, 0.29) is 0 Å². The number of benzene rings is 1. The van der Waals surface area contributed by atoms with Gasteiger partial charge < -0.3 is 15.2 Å². The van der Waals surface area contributed by atoms with E-state index in [1.54, 1.807) is 7.11 Å². The van der Waals surface area contributed by atoms with Gasteiger partial charge in [-0.1, -0.05) is 29.8 Å². The molecule has 0 amide bonds. The predicted molar refractivity (Wildman–Crippen MR) is 74.9 cm³/mol. The lowest BCUT2D eigenvalue weighted by Crippen LogP contribution is -2.15. The van der Waals surface area contributed by atoms with Crippen molar-refractivity contribution in [2.75, 3.05) is 33.5 Å². The van der Waals surface area contributed by atoms with Crippen LogP contribution in [0.3, 0.4) is 0 Å². The van der Waals surface area contributed by atoms with Crippen LogP contribution in [0.5, 0.6) is 0 Å². The van der Waals surface area contributed by atoms with Gasteiger partial charge in [0.25, 0.3) is 0 Å². The fraction of sp³-hybridized carbons (Fsp3) is 0.600. The predicted octanol–water partition coefficient (Wildman–Crippen LogP) is 2.48. The standard InChI is InChI=1S/C15H25NO2/c1-13-5-3-6-14(11-13)15(12-16)7-10-18-9-4-8-17-2/h3,5-6,11,15H,4,7-10,12,16H2,1-2H3. The summed E-state index contributed by atoms with van der Waals surface area (Å²) in [7, 11) is 1.71. The Hall–Kier alpha value is -0.900. The lowest BCUT2D eigenvalue weighted by Gasteiger charge is -2.15. The van der Waals surface area contributed by atoms with Crippen molar-refractivity contribution in [3.05, 3.63) is 35.4 Å². The third-order valence-corrected chi connectivity index (χ3v) is 3.05. The molecule has 0 spiro atoms. The van der Waals surface area contributed by atoms with Crippen molar-refractivity contribution >= 4 is 0 Å². The fourth-order valence-electron chi connectivity index (χ4n) is 1.98. The van der Waals surface area contributed by atoms with Gasteiger partial charge in [0.05, 0.1) is 0 Å². The highest BCUT2D eigenvalue weighted by molar-refractivity contribution is 5.25. The van der Waals surface area contributed by atoms with Crippen LogP contribution in [0.25, 0.3) is 0 Å². The van der Waals surface area contributed by atoms with Crippen LogP contribution < -0.4 is 5.73 Å². The summed E-state index contributed by atoms with van der Waals surface area (Å²) in [5.41, 5.74) is 8.44. The van der Waals surface area contributed by atoms with Crippen molar-refractivity contribution in [2.24, 2.45) is 5.73 Å². The largest absolute Gasteiger partial charge is 0.385 e. The average molecular weight is 251 g/mol. The molecule has 1 atom stereocenters. The topological polar surface area (TPSA) is 44.5 Å². The van der Waals surface area contributed by atoms with E-state index in [1.165, 1.54) is 11.1 Å². The van der Waals surface area contributed by atoms with Crippen molar-refractivity contribution in [1.29, 1.82) is 0 Å². The van der Waals surface area contributed by atoms with Crippen molar-refractivity contribution in [3.63, 3.8) is 0 Å². The molecule has 1 aromatic rings. The van der Waals surface area contributed by atoms with Gasteiger partial charge in [-0.3, -0.25) is 0 Å². The monoisotopic (exact) mass is 251 g/mol. The van der Waals surface area contributed by atoms with Gasteiger partial charge in [-0.2, -0.15) is 0 Å². The number of ether oxygens (including phenoxy) is 2. The number of nitrogens with two attached hydrogens (primary N) is 1. The van der Waals surface area contributed by atoms with Gasteiger partial charge in [0.1, 0.15) is 0 Å². The van der Waals surface area contributed by atoms with Gasteiger partial charge in [-0.15, -0.1) is 0 Å². The molecule has 0 saturated heterocycles. The number of hydrogen-bond donors (Lipinski definition) is 1. The third kappa shape index (κ3) is 5.63. The number of aryl methyl sites for hydroxylation is 1. The van der Waals surface area contributed by atoms with Gasteiger partial charge in [-0.25, -0.2) is 0 Å². The highest BCUT2D eigenvalue weighted by Gasteiger charge is 2.09. The minimum Gasteiger partial charge on any atom is -0.385 e. The Morgan fingerprint density at radius 1 is 1.22 bits per heavy atom. The van der Waals surface area contributed by atoms with E-state index < -0.39 is 0 Å². The minimum atomic E-state index is 0.396. The molecule has 0 radical (unpaired) electrons. The molecule has 1 aromatic carbocycles. The van der Waals surface area contributed by atoms with Crippen molar-refractivity contribution in [2.45, 2.75) is 25.7 Å². The summed E-state index contributed by atoms with van der Waals surface area (Å²) < 4.78 is 10.6. The molecule has 3 nitrogen and oxygen atoms in total. The second-order valence-electron chi connectivity index (χ2n) is 4.59. The minimum absolute atomic E-state index is 0.396. The van der Waals surface area contributed by atoms with Crippen LogP contribution in [0.1, 0.15) is 29.9 Å². The lowest BCUT2D eigenvalue weighted by atomic mass is 9.95. The summed E-state index contributed by atoms with van der Waals surface area (Å²) in [5.74, 6) is 0.396. The quantitative estimate of drug-likeness (QED) is 0.686. The zero-order valence-electron chi connectivity index (χ0n) is 11.5. The smallest absolute Gasteiger partial charge is 0.0487 e. The molecule has 0 fully saturated rings. The summed E-state index contributed by atoms with van der Waals surface area (Å²) >= 11 is 0. The first-order valence-corrected chi connectivity index (χ1v) is 6.61. The molecule has 3 heteroatoms. The molecular weight excluding hydrogens is 226 g/mol. The molecule has 0 aliphatic rings. The molecule has 0 bridgehead atoms. The van der Waals surface area contributed by atoms with Crippen LogP contribution in [0.2, 0.25) is 0 Å². The highest BCUT2D eigenvalue weighted by atomic mass is 16.5. The Kier molecular flexibility index (Phi) is 7.65. The van der Waals surface area contributed by atoms with Crippen LogP contribution in [-0.2, 0) is 9.47 Å². The summed E-state index contributed by atoms with van der Waals surface area (Å²) in [4.78, 5) is 0.